The third-order valence-electron chi connectivity index (χ3n) is 2.88. The third kappa shape index (κ3) is 3.65. The first kappa shape index (κ1) is 15.6. The van der Waals surface area contributed by atoms with Crippen LogP contribution in [0, 0.1) is 6.92 Å². The molecule has 0 unspecified atom stereocenters. The molecule has 0 saturated heterocycles. The van der Waals surface area contributed by atoms with Gasteiger partial charge in [-0.1, -0.05) is 11.6 Å². The molecule has 7 heteroatoms. The molecule has 2 aromatic rings. The highest BCUT2D eigenvalue weighted by Crippen LogP contribution is 2.30. The number of aromatic nitrogens is 1. The van der Waals surface area contributed by atoms with Crippen molar-refractivity contribution >= 4 is 40.3 Å². The van der Waals surface area contributed by atoms with Gasteiger partial charge in [-0.2, -0.15) is 0 Å². The number of hydrogen-bond acceptors (Lipinski definition) is 6. The molecular weight excluding hydrogens is 310 g/mol. The van der Waals surface area contributed by atoms with Crippen LogP contribution in [0.15, 0.2) is 17.6 Å². The first-order chi connectivity index (χ1) is 10.0. The first-order valence-corrected chi connectivity index (χ1v) is 7.67. The van der Waals surface area contributed by atoms with Crippen molar-refractivity contribution in [1.82, 2.24) is 4.98 Å². The summed E-state index contributed by atoms with van der Waals surface area (Å²) in [5, 5.41) is 3.56. The molecular formula is C14H16ClN3O2S. The van der Waals surface area contributed by atoms with Crippen molar-refractivity contribution in [1.29, 1.82) is 0 Å². The zero-order valence-corrected chi connectivity index (χ0v) is 13.3. The van der Waals surface area contributed by atoms with Crippen LogP contribution in [0.2, 0.25) is 5.02 Å². The predicted octanol–water partition coefficient (Wildman–Crippen LogP) is 3.48. The van der Waals surface area contributed by atoms with Crippen molar-refractivity contribution < 1.29 is 9.53 Å². The van der Waals surface area contributed by atoms with E-state index in [0.717, 1.165) is 10.6 Å². The Morgan fingerprint density at radius 2 is 2.29 bits per heavy atom. The highest BCUT2D eigenvalue weighted by Gasteiger charge is 2.17. The number of thiazole rings is 1. The van der Waals surface area contributed by atoms with Gasteiger partial charge in [0.25, 0.3) is 0 Å². The highest BCUT2D eigenvalue weighted by molar-refractivity contribution is 7.09. The number of benzene rings is 1. The van der Waals surface area contributed by atoms with E-state index in [1.807, 2.05) is 6.92 Å². The minimum Gasteiger partial charge on any atom is -0.462 e. The van der Waals surface area contributed by atoms with Crippen LogP contribution in [0.5, 0.6) is 0 Å². The maximum atomic E-state index is 12.0. The van der Waals surface area contributed by atoms with Crippen molar-refractivity contribution in [2.45, 2.75) is 20.4 Å². The summed E-state index contributed by atoms with van der Waals surface area (Å²) in [6.07, 6.45) is 0. The summed E-state index contributed by atoms with van der Waals surface area (Å²) in [5.74, 6) is -0.449. The van der Waals surface area contributed by atoms with Crippen LogP contribution in [0.3, 0.4) is 0 Å². The monoisotopic (exact) mass is 325 g/mol. The molecule has 0 saturated carbocycles. The molecule has 0 aliphatic heterocycles. The molecule has 21 heavy (non-hydrogen) atoms. The average molecular weight is 326 g/mol. The van der Waals surface area contributed by atoms with E-state index in [1.165, 1.54) is 0 Å². The van der Waals surface area contributed by atoms with Crippen LogP contribution in [0.25, 0.3) is 0 Å². The third-order valence-corrected chi connectivity index (χ3v) is 4.11. The molecule has 112 valence electrons. The van der Waals surface area contributed by atoms with Crippen LogP contribution < -0.4 is 11.1 Å². The van der Waals surface area contributed by atoms with Crippen molar-refractivity contribution in [2.24, 2.45) is 0 Å². The molecule has 1 heterocycles. The number of esters is 1. The highest BCUT2D eigenvalue weighted by atomic mass is 35.5. The number of nitrogens with two attached hydrogens (primary N) is 1. The Hall–Kier alpha value is -1.79. The van der Waals surface area contributed by atoms with Gasteiger partial charge in [0.2, 0.25) is 0 Å². The Bertz CT molecular complexity index is 658. The quantitative estimate of drug-likeness (QED) is 0.650. The number of carbonyl (C=O) groups excluding carboxylic acids is 1. The Morgan fingerprint density at radius 1 is 1.52 bits per heavy atom. The Kier molecular flexibility index (Phi) is 5.03. The lowest BCUT2D eigenvalue weighted by Gasteiger charge is -2.13. The smallest absolute Gasteiger partial charge is 0.340 e. The van der Waals surface area contributed by atoms with Gasteiger partial charge >= 0.3 is 5.97 Å². The first-order valence-electron chi connectivity index (χ1n) is 6.42. The number of hydrogen-bond donors (Lipinski definition) is 2. The van der Waals surface area contributed by atoms with Gasteiger partial charge in [-0.15, -0.1) is 11.3 Å². The lowest BCUT2D eigenvalue weighted by molar-refractivity contribution is 0.0527. The Morgan fingerprint density at radius 3 is 2.90 bits per heavy atom. The summed E-state index contributed by atoms with van der Waals surface area (Å²) in [6.45, 7) is 4.51. The number of nitrogens with zero attached hydrogens (tertiary/aromatic N) is 1. The van der Waals surface area contributed by atoms with Crippen molar-refractivity contribution in [3.63, 3.8) is 0 Å². The van der Waals surface area contributed by atoms with E-state index in [1.54, 1.807) is 35.9 Å². The van der Waals surface area contributed by atoms with Gasteiger partial charge in [-0.25, -0.2) is 9.78 Å². The summed E-state index contributed by atoms with van der Waals surface area (Å²) in [4.78, 5) is 17.3. The maximum absolute atomic E-state index is 12.0. The largest absolute Gasteiger partial charge is 0.462 e. The molecule has 3 N–H and O–H groups in total. The minimum atomic E-state index is -0.449. The standard InChI is InChI=1S/C14H16ClN3O2S/c1-3-20-14(19)10-4-9(16)5-11(15)13(10)17-6-12-8(2)18-7-21-12/h4-5,7,17H,3,6,16H2,1-2H3. The topological polar surface area (TPSA) is 77.2 Å². The van der Waals surface area contributed by atoms with E-state index in [-0.39, 0.29) is 0 Å². The lowest BCUT2D eigenvalue weighted by atomic mass is 10.1. The van der Waals surface area contributed by atoms with Crippen molar-refractivity contribution in [2.75, 3.05) is 17.7 Å². The van der Waals surface area contributed by atoms with Crippen LogP contribution >= 0.6 is 22.9 Å². The molecule has 0 aliphatic rings. The van der Waals surface area contributed by atoms with Crippen molar-refractivity contribution in [3.05, 3.63) is 38.8 Å². The molecule has 1 aromatic heterocycles. The predicted molar refractivity (Wildman–Crippen MR) is 86.0 cm³/mol. The van der Waals surface area contributed by atoms with Crippen LogP contribution in [-0.2, 0) is 11.3 Å². The number of nitrogen functional groups attached to an aromatic ring is 1. The number of rotatable bonds is 5. The number of aryl methyl sites for hydroxylation is 1. The zero-order chi connectivity index (χ0) is 15.4. The van der Waals surface area contributed by atoms with Crippen LogP contribution in [0.4, 0.5) is 11.4 Å². The molecule has 0 amide bonds. The summed E-state index contributed by atoms with van der Waals surface area (Å²) in [7, 11) is 0. The van der Waals surface area contributed by atoms with E-state index >= 15 is 0 Å². The van der Waals surface area contributed by atoms with E-state index in [4.69, 9.17) is 22.1 Å². The second-order valence-corrected chi connectivity index (χ2v) is 5.71. The molecule has 2 rings (SSSR count). The molecule has 5 nitrogen and oxygen atoms in total. The zero-order valence-electron chi connectivity index (χ0n) is 11.8. The second kappa shape index (κ2) is 6.78. The van der Waals surface area contributed by atoms with Crippen LogP contribution in [0.1, 0.15) is 27.9 Å². The Balaban J connectivity index is 2.28. The summed E-state index contributed by atoms with van der Waals surface area (Å²) < 4.78 is 5.04. The van der Waals surface area contributed by atoms with Gasteiger partial charge < -0.3 is 15.8 Å². The number of carbonyl (C=O) groups is 1. The van der Waals surface area contributed by atoms with Gasteiger partial charge in [0, 0.05) is 10.6 Å². The SMILES string of the molecule is CCOC(=O)c1cc(N)cc(Cl)c1NCc1scnc1C. The normalized spacial score (nSPS) is 10.4. The van der Waals surface area contributed by atoms with Gasteiger partial charge in [-0.05, 0) is 26.0 Å². The van der Waals surface area contributed by atoms with E-state index in [9.17, 15) is 4.79 Å². The van der Waals surface area contributed by atoms with Crippen molar-refractivity contribution in [3.8, 4) is 0 Å². The summed E-state index contributed by atoms with van der Waals surface area (Å²) in [5.41, 5.74) is 9.77. The molecule has 0 radical (unpaired) electrons. The van der Waals surface area contributed by atoms with Gasteiger partial charge in [0.05, 0.1) is 40.6 Å². The van der Waals surface area contributed by atoms with Crippen LogP contribution in [-0.4, -0.2) is 17.6 Å². The summed E-state index contributed by atoms with van der Waals surface area (Å²) >= 11 is 7.74. The van der Waals surface area contributed by atoms with Gasteiger partial charge in [-0.3, -0.25) is 0 Å². The number of nitrogens with one attached hydrogen (secondary N) is 1. The number of anilines is 2. The van der Waals surface area contributed by atoms with Gasteiger partial charge in [0.15, 0.2) is 0 Å². The fourth-order valence-electron chi connectivity index (χ4n) is 1.84. The minimum absolute atomic E-state index is 0.290. The molecule has 0 spiro atoms. The maximum Gasteiger partial charge on any atom is 0.340 e. The second-order valence-electron chi connectivity index (χ2n) is 4.36. The fraction of sp³-hybridized carbons (Fsp3) is 0.286. The van der Waals surface area contributed by atoms with Gasteiger partial charge in [0.1, 0.15) is 0 Å². The Labute approximate surface area is 132 Å². The number of halogens is 1. The molecule has 0 atom stereocenters. The lowest BCUT2D eigenvalue weighted by Crippen LogP contribution is -2.11. The molecule has 1 aromatic carbocycles. The fourth-order valence-corrected chi connectivity index (χ4v) is 2.85. The molecule has 0 fully saturated rings. The van der Waals surface area contributed by atoms with E-state index in [0.29, 0.717) is 35.1 Å². The van der Waals surface area contributed by atoms with E-state index in [2.05, 4.69) is 10.3 Å². The van der Waals surface area contributed by atoms with E-state index < -0.39 is 5.97 Å². The molecule has 0 aliphatic carbocycles. The number of ether oxygens (including phenoxy) is 1. The molecule has 0 bridgehead atoms. The summed E-state index contributed by atoms with van der Waals surface area (Å²) in [6, 6.07) is 3.16. The average Bonchev–Trinajstić information content (AvgIpc) is 2.83.